The fourth-order valence-corrected chi connectivity index (χ4v) is 3.19. The van der Waals surface area contributed by atoms with Crippen molar-refractivity contribution >= 4 is 17.6 Å². The lowest BCUT2D eigenvalue weighted by Gasteiger charge is -2.09. The molecule has 2 aromatic carbocycles. The molecule has 0 spiro atoms. The summed E-state index contributed by atoms with van der Waals surface area (Å²) < 4.78 is 12.7. The van der Waals surface area contributed by atoms with Gasteiger partial charge in [0, 0.05) is 5.56 Å². The first-order valence-corrected chi connectivity index (χ1v) is 9.32. The highest BCUT2D eigenvalue weighted by molar-refractivity contribution is 6.33. The van der Waals surface area contributed by atoms with Crippen LogP contribution in [0.3, 0.4) is 0 Å². The van der Waals surface area contributed by atoms with E-state index in [0.717, 1.165) is 11.3 Å². The smallest absolute Gasteiger partial charge is 0.344 e. The van der Waals surface area contributed by atoms with Crippen LogP contribution in [-0.4, -0.2) is 25.9 Å². The van der Waals surface area contributed by atoms with Gasteiger partial charge in [-0.05, 0) is 38.1 Å². The number of carbonyl (C=O) groups is 1. The van der Waals surface area contributed by atoms with Crippen molar-refractivity contribution in [3.8, 4) is 17.1 Å². The number of aromatic nitrogens is 4. The van der Waals surface area contributed by atoms with Crippen molar-refractivity contribution in [1.29, 1.82) is 0 Å². The zero-order chi connectivity index (χ0) is 20.4. The van der Waals surface area contributed by atoms with Gasteiger partial charge in [-0.2, -0.15) is 5.10 Å². The van der Waals surface area contributed by atoms with E-state index in [2.05, 4.69) is 15.3 Å². The molecule has 0 aliphatic rings. The molecule has 0 unspecified atom stereocenters. The number of benzene rings is 2. The van der Waals surface area contributed by atoms with Crippen LogP contribution in [0.1, 0.15) is 35.0 Å². The number of para-hydroxylation sites is 1. The van der Waals surface area contributed by atoms with Crippen molar-refractivity contribution in [3.63, 3.8) is 0 Å². The molecule has 0 aliphatic heterocycles. The van der Waals surface area contributed by atoms with Crippen LogP contribution in [0.2, 0.25) is 5.15 Å². The number of halogens is 1. The molecule has 0 bridgehead atoms. The van der Waals surface area contributed by atoms with E-state index in [1.165, 1.54) is 4.68 Å². The Morgan fingerprint density at radius 3 is 2.41 bits per heavy atom. The number of aryl methyl sites for hydroxylation is 1. The van der Waals surface area contributed by atoms with Gasteiger partial charge in [-0.15, -0.1) is 10.2 Å². The zero-order valence-corrected chi connectivity index (χ0v) is 16.5. The molecule has 1 atom stereocenters. The van der Waals surface area contributed by atoms with Crippen molar-refractivity contribution in [1.82, 2.24) is 20.0 Å². The maximum absolute atomic E-state index is 12.7. The summed E-state index contributed by atoms with van der Waals surface area (Å²) in [5, 5.41) is 12.5. The molecular formula is C21H17ClN4O3. The van der Waals surface area contributed by atoms with Crippen LogP contribution < -0.4 is 0 Å². The second-order valence-corrected chi connectivity index (χ2v) is 6.72. The SMILES string of the molecule is Cc1nn(-c2ccccc2)c(Cl)c1C(=O)O[C@@H](C)c1nnc(-c2ccccc2)o1. The molecule has 0 radical (unpaired) electrons. The Balaban J connectivity index is 1.54. The molecule has 2 aromatic heterocycles. The quantitative estimate of drug-likeness (QED) is 0.441. The van der Waals surface area contributed by atoms with Crippen molar-refractivity contribution in [2.24, 2.45) is 0 Å². The molecule has 0 aliphatic carbocycles. The number of nitrogens with zero attached hydrogens (tertiary/aromatic N) is 4. The molecule has 4 aromatic rings. The number of ether oxygens (including phenoxy) is 1. The predicted octanol–water partition coefficient (Wildman–Crippen LogP) is 4.80. The lowest BCUT2D eigenvalue weighted by Crippen LogP contribution is -2.10. The van der Waals surface area contributed by atoms with Crippen LogP contribution in [0.15, 0.2) is 65.1 Å². The first-order chi connectivity index (χ1) is 14.0. The third-order valence-electron chi connectivity index (χ3n) is 4.30. The molecule has 0 saturated carbocycles. The largest absolute Gasteiger partial charge is 0.449 e. The molecule has 2 heterocycles. The number of rotatable bonds is 5. The van der Waals surface area contributed by atoms with Crippen LogP contribution in [0.5, 0.6) is 0 Å². The predicted molar refractivity (Wildman–Crippen MR) is 107 cm³/mol. The van der Waals surface area contributed by atoms with E-state index in [-0.39, 0.29) is 16.6 Å². The minimum Gasteiger partial charge on any atom is -0.449 e. The van der Waals surface area contributed by atoms with E-state index in [1.807, 2.05) is 60.7 Å². The lowest BCUT2D eigenvalue weighted by molar-refractivity contribution is 0.0279. The number of hydrogen-bond donors (Lipinski definition) is 0. The Bertz CT molecular complexity index is 1140. The third kappa shape index (κ3) is 3.77. The molecule has 0 N–H and O–H groups in total. The van der Waals surface area contributed by atoms with E-state index in [1.54, 1.807) is 13.8 Å². The Labute approximate surface area is 171 Å². The number of hydrogen-bond acceptors (Lipinski definition) is 6. The van der Waals surface area contributed by atoms with E-state index in [4.69, 9.17) is 20.8 Å². The van der Waals surface area contributed by atoms with Crippen LogP contribution in [0.4, 0.5) is 0 Å². The highest BCUT2D eigenvalue weighted by Crippen LogP contribution is 2.27. The van der Waals surface area contributed by atoms with Gasteiger partial charge in [-0.3, -0.25) is 0 Å². The Morgan fingerprint density at radius 2 is 1.72 bits per heavy atom. The molecule has 0 amide bonds. The van der Waals surface area contributed by atoms with Gasteiger partial charge in [0.2, 0.25) is 5.89 Å². The Kier molecular flexibility index (Phi) is 5.14. The summed E-state index contributed by atoms with van der Waals surface area (Å²) in [6.07, 6.45) is -0.747. The van der Waals surface area contributed by atoms with Gasteiger partial charge in [0.05, 0.1) is 11.4 Å². The van der Waals surface area contributed by atoms with Crippen LogP contribution in [0, 0.1) is 6.92 Å². The Hall–Kier alpha value is -3.45. The number of carbonyl (C=O) groups excluding carboxylic acids is 1. The van der Waals surface area contributed by atoms with E-state index in [9.17, 15) is 4.79 Å². The molecule has 7 nitrogen and oxygen atoms in total. The molecular weight excluding hydrogens is 392 g/mol. The van der Waals surface area contributed by atoms with E-state index >= 15 is 0 Å². The fourth-order valence-electron chi connectivity index (χ4n) is 2.84. The summed E-state index contributed by atoms with van der Waals surface area (Å²) in [5.41, 5.74) is 2.20. The topological polar surface area (TPSA) is 83.0 Å². The van der Waals surface area contributed by atoms with Gasteiger partial charge >= 0.3 is 5.97 Å². The van der Waals surface area contributed by atoms with Crippen LogP contribution >= 0.6 is 11.6 Å². The van der Waals surface area contributed by atoms with Gasteiger partial charge in [0.1, 0.15) is 10.7 Å². The molecule has 4 rings (SSSR count). The average Bonchev–Trinajstić information content (AvgIpc) is 3.34. The van der Waals surface area contributed by atoms with Crippen molar-refractivity contribution in [3.05, 3.63) is 83.0 Å². The third-order valence-corrected chi connectivity index (χ3v) is 4.65. The fraction of sp³-hybridized carbons (Fsp3) is 0.143. The molecule has 29 heavy (non-hydrogen) atoms. The molecule has 0 saturated heterocycles. The van der Waals surface area contributed by atoms with Crippen molar-refractivity contribution < 1.29 is 13.9 Å². The Morgan fingerprint density at radius 1 is 1.07 bits per heavy atom. The van der Waals surface area contributed by atoms with Crippen molar-refractivity contribution in [2.75, 3.05) is 0 Å². The molecule has 8 heteroatoms. The van der Waals surface area contributed by atoms with Crippen molar-refractivity contribution in [2.45, 2.75) is 20.0 Å². The summed E-state index contributed by atoms with van der Waals surface area (Å²) in [6.45, 7) is 3.36. The molecule has 146 valence electrons. The first kappa shape index (κ1) is 18.9. The van der Waals surface area contributed by atoms with Gasteiger partial charge < -0.3 is 9.15 Å². The zero-order valence-electron chi connectivity index (χ0n) is 15.7. The normalized spacial score (nSPS) is 12.0. The highest BCUT2D eigenvalue weighted by atomic mass is 35.5. The van der Waals surface area contributed by atoms with Gasteiger partial charge in [0.25, 0.3) is 5.89 Å². The second kappa shape index (κ2) is 7.89. The van der Waals surface area contributed by atoms with Crippen LogP contribution in [-0.2, 0) is 4.74 Å². The summed E-state index contributed by atoms with van der Waals surface area (Å²) in [6, 6.07) is 18.7. The summed E-state index contributed by atoms with van der Waals surface area (Å²) in [4.78, 5) is 12.7. The number of esters is 1. The minimum absolute atomic E-state index is 0.182. The molecule has 0 fully saturated rings. The summed E-state index contributed by atoms with van der Waals surface area (Å²) >= 11 is 6.42. The van der Waals surface area contributed by atoms with Crippen LogP contribution in [0.25, 0.3) is 17.1 Å². The monoisotopic (exact) mass is 408 g/mol. The minimum atomic E-state index is -0.747. The summed E-state index contributed by atoms with van der Waals surface area (Å²) in [5.74, 6) is -0.0577. The second-order valence-electron chi connectivity index (χ2n) is 6.36. The van der Waals surface area contributed by atoms with Gasteiger partial charge in [0.15, 0.2) is 6.10 Å². The standard InChI is InChI=1S/C21H17ClN4O3/c1-13-17(18(22)26(25-13)16-11-7-4-8-12-16)21(27)28-14(2)19-23-24-20(29-19)15-9-5-3-6-10-15/h3-12,14H,1-2H3/t14-/m0/s1. The highest BCUT2D eigenvalue weighted by Gasteiger charge is 2.26. The van der Waals surface area contributed by atoms with E-state index in [0.29, 0.717) is 11.6 Å². The van der Waals surface area contributed by atoms with Gasteiger partial charge in [-0.1, -0.05) is 48.0 Å². The maximum Gasteiger partial charge on any atom is 0.344 e. The van der Waals surface area contributed by atoms with E-state index < -0.39 is 12.1 Å². The maximum atomic E-state index is 12.7. The summed E-state index contributed by atoms with van der Waals surface area (Å²) in [7, 11) is 0. The average molecular weight is 409 g/mol. The first-order valence-electron chi connectivity index (χ1n) is 8.95. The lowest BCUT2D eigenvalue weighted by atomic mass is 10.2. The van der Waals surface area contributed by atoms with Gasteiger partial charge in [-0.25, -0.2) is 9.48 Å².